The first-order valence-corrected chi connectivity index (χ1v) is 8.56. The van der Waals surface area contributed by atoms with Crippen LogP contribution in [-0.4, -0.2) is 37.6 Å². The molecule has 5 nitrogen and oxygen atoms in total. The highest BCUT2D eigenvalue weighted by Gasteiger charge is 2.24. The van der Waals surface area contributed by atoms with Gasteiger partial charge in [-0.15, -0.1) is 0 Å². The SMILES string of the molecule is CNS(=O)c1ccc(N2CCCCC2CCOC)c(N)c1. The van der Waals surface area contributed by atoms with E-state index in [9.17, 15) is 4.21 Å². The molecule has 0 spiro atoms. The molecular formula is C15H25N3O2S. The molecular weight excluding hydrogens is 286 g/mol. The number of methoxy groups -OCH3 is 1. The molecule has 0 amide bonds. The summed E-state index contributed by atoms with van der Waals surface area (Å²) in [5.74, 6) is 0. The summed E-state index contributed by atoms with van der Waals surface area (Å²) < 4.78 is 19.7. The van der Waals surface area contributed by atoms with Crippen LogP contribution in [0.2, 0.25) is 0 Å². The number of piperidine rings is 1. The van der Waals surface area contributed by atoms with Crippen molar-refractivity contribution in [3.63, 3.8) is 0 Å². The molecule has 2 atom stereocenters. The van der Waals surface area contributed by atoms with Gasteiger partial charge in [0.15, 0.2) is 0 Å². The molecule has 1 aromatic rings. The van der Waals surface area contributed by atoms with Gasteiger partial charge in [0.2, 0.25) is 0 Å². The summed E-state index contributed by atoms with van der Waals surface area (Å²) in [5, 5.41) is 0. The molecule has 0 radical (unpaired) electrons. The van der Waals surface area contributed by atoms with Gasteiger partial charge in [-0.3, -0.25) is 0 Å². The fourth-order valence-electron chi connectivity index (χ4n) is 2.90. The van der Waals surface area contributed by atoms with Gasteiger partial charge in [0.25, 0.3) is 0 Å². The van der Waals surface area contributed by atoms with Crippen LogP contribution in [-0.2, 0) is 15.7 Å². The smallest absolute Gasteiger partial charge is 0.124 e. The summed E-state index contributed by atoms with van der Waals surface area (Å²) in [5.41, 5.74) is 7.94. The molecule has 1 aromatic carbocycles. The van der Waals surface area contributed by atoms with Crippen LogP contribution in [0, 0.1) is 0 Å². The minimum absolute atomic E-state index is 0.474. The molecule has 3 N–H and O–H groups in total. The fraction of sp³-hybridized carbons (Fsp3) is 0.600. The summed E-state index contributed by atoms with van der Waals surface area (Å²) in [6, 6.07) is 6.16. The molecule has 118 valence electrons. The molecule has 0 aliphatic carbocycles. The summed E-state index contributed by atoms with van der Waals surface area (Å²) in [6.45, 7) is 1.79. The second-order valence-electron chi connectivity index (χ2n) is 5.32. The summed E-state index contributed by atoms with van der Waals surface area (Å²) in [6.07, 6.45) is 4.63. The van der Waals surface area contributed by atoms with E-state index in [1.807, 2.05) is 18.2 Å². The molecule has 2 unspecified atom stereocenters. The first kappa shape index (κ1) is 16.3. The number of benzene rings is 1. The number of hydrogen-bond acceptors (Lipinski definition) is 4. The largest absolute Gasteiger partial charge is 0.397 e. The molecule has 1 aliphatic heterocycles. The van der Waals surface area contributed by atoms with Crippen molar-refractivity contribution in [2.75, 3.05) is 37.9 Å². The Hall–Kier alpha value is -1.11. The van der Waals surface area contributed by atoms with Crippen molar-refractivity contribution in [3.8, 4) is 0 Å². The van der Waals surface area contributed by atoms with E-state index in [1.165, 1.54) is 19.3 Å². The fourth-order valence-corrected chi connectivity index (χ4v) is 3.56. The van der Waals surface area contributed by atoms with Crippen LogP contribution >= 0.6 is 0 Å². The van der Waals surface area contributed by atoms with Crippen molar-refractivity contribution in [1.29, 1.82) is 0 Å². The van der Waals surface area contributed by atoms with Crippen LogP contribution in [0.25, 0.3) is 0 Å². The van der Waals surface area contributed by atoms with Crippen molar-refractivity contribution in [2.45, 2.75) is 36.6 Å². The third-order valence-corrected chi connectivity index (χ3v) is 5.04. The van der Waals surface area contributed by atoms with E-state index in [2.05, 4.69) is 9.62 Å². The van der Waals surface area contributed by atoms with Crippen molar-refractivity contribution in [2.24, 2.45) is 0 Å². The summed E-state index contributed by atoms with van der Waals surface area (Å²) in [4.78, 5) is 3.09. The monoisotopic (exact) mass is 311 g/mol. The number of ether oxygens (including phenoxy) is 1. The predicted octanol–water partition coefficient (Wildman–Crippen LogP) is 1.91. The Morgan fingerprint density at radius 3 is 2.95 bits per heavy atom. The molecule has 1 fully saturated rings. The van der Waals surface area contributed by atoms with Crippen molar-refractivity contribution in [1.82, 2.24) is 4.72 Å². The Morgan fingerprint density at radius 1 is 1.48 bits per heavy atom. The lowest BCUT2D eigenvalue weighted by molar-refractivity contribution is 0.182. The summed E-state index contributed by atoms with van der Waals surface area (Å²) >= 11 is 0. The topological polar surface area (TPSA) is 67.6 Å². The molecule has 0 saturated carbocycles. The van der Waals surface area contributed by atoms with Crippen LogP contribution in [0.15, 0.2) is 23.1 Å². The Bertz CT molecular complexity index is 496. The van der Waals surface area contributed by atoms with Crippen LogP contribution in [0.3, 0.4) is 0 Å². The van der Waals surface area contributed by atoms with E-state index >= 15 is 0 Å². The van der Waals surface area contributed by atoms with Gasteiger partial charge in [-0.2, -0.15) is 0 Å². The second kappa shape index (κ2) is 7.77. The Labute approximate surface area is 129 Å². The lowest BCUT2D eigenvalue weighted by atomic mass is 9.98. The molecule has 1 saturated heterocycles. The minimum atomic E-state index is -1.20. The van der Waals surface area contributed by atoms with E-state index in [0.717, 1.165) is 25.3 Å². The van der Waals surface area contributed by atoms with Gasteiger partial charge in [-0.25, -0.2) is 8.93 Å². The van der Waals surface area contributed by atoms with Gasteiger partial charge in [0, 0.05) is 26.3 Å². The lowest BCUT2D eigenvalue weighted by Gasteiger charge is -2.38. The molecule has 6 heteroatoms. The van der Waals surface area contributed by atoms with Crippen molar-refractivity contribution in [3.05, 3.63) is 18.2 Å². The summed E-state index contributed by atoms with van der Waals surface area (Å²) in [7, 11) is 2.22. The standard InChI is InChI=1S/C15H25N3O2S/c1-17-21(19)13-6-7-15(14(16)11-13)18-9-4-3-5-12(18)8-10-20-2/h6-7,11-12,17H,3-5,8-10,16H2,1-2H3. The zero-order valence-corrected chi connectivity index (χ0v) is 13.6. The Kier molecular flexibility index (Phi) is 6.02. The van der Waals surface area contributed by atoms with Gasteiger partial charge in [-0.1, -0.05) is 0 Å². The van der Waals surface area contributed by atoms with Crippen molar-refractivity contribution < 1.29 is 8.95 Å². The Morgan fingerprint density at radius 2 is 2.29 bits per heavy atom. The molecule has 1 aliphatic rings. The maximum absolute atomic E-state index is 11.8. The van der Waals surface area contributed by atoms with Gasteiger partial charge >= 0.3 is 0 Å². The third-order valence-electron chi connectivity index (χ3n) is 3.99. The van der Waals surface area contributed by atoms with Crippen LogP contribution < -0.4 is 15.4 Å². The Balaban J connectivity index is 2.20. The number of nitrogens with zero attached hydrogens (tertiary/aromatic N) is 1. The van der Waals surface area contributed by atoms with Gasteiger partial charge in [0.1, 0.15) is 11.0 Å². The van der Waals surface area contributed by atoms with Crippen LogP contribution in [0.4, 0.5) is 11.4 Å². The van der Waals surface area contributed by atoms with E-state index in [0.29, 0.717) is 16.6 Å². The predicted molar refractivity (Wildman–Crippen MR) is 87.8 cm³/mol. The molecule has 21 heavy (non-hydrogen) atoms. The number of nitrogen functional groups attached to an aromatic ring is 1. The zero-order chi connectivity index (χ0) is 15.2. The third kappa shape index (κ3) is 3.96. The highest BCUT2D eigenvalue weighted by molar-refractivity contribution is 7.83. The zero-order valence-electron chi connectivity index (χ0n) is 12.8. The average Bonchev–Trinajstić information content (AvgIpc) is 2.52. The molecule has 2 rings (SSSR count). The molecule has 0 aromatic heterocycles. The maximum atomic E-state index is 11.8. The van der Waals surface area contributed by atoms with Gasteiger partial charge in [0.05, 0.1) is 16.3 Å². The van der Waals surface area contributed by atoms with Crippen LogP contribution in [0.5, 0.6) is 0 Å². The molecule has 0 bridgehead atoms. The van der Waals surface area contributed by atoms with E-state index in [-0.39, 0.29) is 0 Å². The van der Waals surface area contributed by atoms with Gasteiger partial charge < -0.3 is 15.4 Å². The minimum Gasteiger partial charge on any atom is -0.397 e. The number of nitrogens with two attached hydrogens (primary N) is 1. The normalized spacial score (nSPS) is 20.5. The lowest BCUT2D eigenvalue weighted by Crippen LogP contribution is -2.40. The second-order valence-corrected chi connectivity index (χ2v) is 6.74. The quantitative estimate of drug-likeness (QED) is 0.788. The number of hydrogen-bond donors (Lipinski definition) is 2. The number of anilines is 2. The van der Waals surface area contributed by atoms with Gasteiger partial charge in [-0.05, 0) is 50.9 Å². The first-order chi connectivity index (χ1) is 10.2. The van der Waals surface area contributed by atoms with E-state index < -0.39 is 11.0 Å². The van der Waals surface area contributed by atoms with Crippen molar-refractivity contribution >= 4 is 22.4 Å². The highest BCUT2D eigenvalue weighted by atomic mass is 32.2. The number of nitrogens with one attached hydrogen (secondary N) is 1. The van der Waals surface area contributed by atoms with Crippen LogP contribution in [0.1, 0.15) is 25.7 Å². The average molecular weight is 311 g/mol. The first-order valence-electron chi connectivity index (χ1n) is 7.41. The maximum Gasteiger partial charge on any atom is 0.124 e. The molecule has 1 heterocycles. The number of rotatable bonds is 6. The highest BCUT2D eigenvalue weighted by Crippen LogP contribution is 2.32. The van der Waals surface area contributed by atoms with E-state index in [4.69, 9.17) is 10.5 Å². The van der Waals surface area contributed by atoms with E-state index in [1.54, 1.807) is 14.2 Å².